The van der Waals surface area contributed by atoms with E-state index < -0.39 is 0 Å². The molecule has 0 saturated heterocycles. The zero-order valence-electron chi connectivity index (χ0n) is 10.8. The normalized spacial score (nSPS) is 23.9. The molecule has 3 heteroatoms. The minimum atomic E-state index is 0.338. The molecule has 0 aromatic heterocycles. The van der Waals surface area contributed by atoms with E-state index in [-0.39, 0.29) is 0 Å². The second kappa shape index (κ2) is 6.81. The molecule has 0 bridgehead atoms. The molecule has 0 heterocycles. The first kappa shape index (κ1) is 14.2. The summed E-state index contributed by atoms with van der Waals surface area (Å²) in [5.74, 6) is 1.77. The van der Waals surface area contributed by atoms with Crippen LogP contribution in [-0.2, 0) is 5.33 Å². The largest absolute Gasteiger partial charge is 0.489 e. The van der Waals surface area contributed by atoms with Crippen LogP contribution in [0.15, 0.2) is 18.2 Å². The summed E-state index contributed by atoms with van der Waals surface area (Å²) in [6, 6.07) is 5.94. The van der Waals surface area contributed by atoms with E-state index >= 15 is 0 Å². The Balaban J connectivity index is 2.02. The zero-order chi connectivity index (χ0) is 13.0. The van der Waals surface area contributed by atoms with Crippen LogP contribution in [0.4, 0.5) is 0 Å². The van der Waals surface area contributed by atoms with Gasteiger partial charge in [-0.15, -0.1) is 0 Å². The standard InChI is InChI=1S/C15H20BrClO/c1-2-11-6-8-13(9-7-11)18-15-12(10-16)4-3-5-14(15)17/h3-5,11,13H,2,6-10H2,1H3. The SMILES string of the molecule is CCC1CCC(Oc2c(Cl)cccc2CBr)CC1. The molecule has 1 nitrogen and oxygen atoms in total. The van der Waals surface area contributed by atoms with Gasteiger partial charge < -0.3 is 4.74 Å². The van der Waals surface area contributed by atoms with Gasteiger partial charge in [-0.3, -0.25) is 0 Å². The number of halogens is 2. The Labute approximate surface area is 123 Å². The summed E-state index contributed by atoms with van der Waals surface area (Å²) in [6.07, 6.45) is 6.53. The lowest BCUT2D eigenvalue weighted by atomic mass is 9.86. The van der Waals surface area contributed by atoms with Crippen LogP contribution in [0.25, 0.3) is 0 Å². The minimum absolute atomic E-state index is 0.338. The van der Waals surface area contributed by atoms with E-state index in [0.717, 1.165) is 40.4 Å². The fourth-order valence-corrected chi connectivity index (χ4v) is 3.30. The van der Waals surface area contributed by atoms with Gasteiger partial charge in [0.05, 0.1) is 11.1 Å². The van der Waals surface area contributed by atoms with E-state index in [4.69, 9.17) is 16.3 Å². The maximum atomic E-state index is 6.24. The van der Waals surface area contributed by atoms with Gasteiger partial charge in [-0.05, 0) is 37.7 Å². The van der Waals surface area contributed by atoms with E-state index in [1.807, 2.05) is 12.1 Å². The topological polar surface area (TPSA) is 9.23 Å². The highest BCUT2D eigenvalue weighted by Crippen LogP contribution is 2.35. The summed E-state index contributed by atoms with van der Waals surface area (Å²) in [6.45, 7) is 2.28. The third-order valence-corrected chi connectivity index (χ3v) is 4.75. The number of alkyl halides is 1. The highest BCUT2D eigenvalue weighted by molar-refractivity contribution is 9.08. The van der Waals surface area contributed by atoms with Crippen LogP contribution in [0.2, 0.25) is 5.02 Å². The molecule has 0 amide bonds. The molecule has 1 aromatic carbocycles. The molecule has 1 aliphatic rings. The lowest BCUT2D eigenvalue weighted by Gasteiger charge is -2.29. The first-order valence-corrected chi connectivity index (χ1v) is 8.24. The quantitative estimate of drug-likeness (QED) is 0.654. The summed E-state index contributed by atoms with van der Waals surface area (Å²) in [7, 11) is 0. The van der Waals surface area contributed by atoms with Gasteiger partial charge in [-0.25, -0.2) is 0 Å². The van der Waals surface area contributed by atoms with Gasteiger partial charge in [-0.1, -0.05) is 53.0 Å². The number of para-hydroxylation sites is 1. The van der Waals surface area contributed by atoms with Crippen LogP contribution in [0.3, 0.4) is 0 Å². The molecule has 1 fully saturated rings. The number of hydrogen-bond acceptors (Lipinski definition) is 1. The third-order valence-electron chi connectivity index (χ3n) is 3.85. The molecular formula is C15H20BrClO. The van der Waals surface area contributed by atoms with Gasteiger partial charge >= 0.3 is 0 Å². The summed E-state index contributed by atoms with van der Waals surface area (Å²) in [5, 5.41) is 1.51. The predicted octanol–water partition coefficient (Wildman–Crippen LogP) is 5.58. The summed E-state index contributed by atoms with van der Waals surface area (Å²) >= 11 is 9.73. The van der Waals surface area contributed by atoms with Crippen LogP contribution in [-0.4, -0.2) is 6.10 Å². The Kier molecular flexibility index (Phi) is 5.38. The van der Waals surface area contributed by atoms with Crippen molar-refractivity contribution >= 4 is 27.5 Å². The van der Waals surface area contributed by atoms with Crippen molar-refractivity contribution < 1.29 is 4.74 Å². The Morgan fingerprint density at radius 2 is 2.00 bits per heavy atom. The van der Waals surface area contributed by atoms with E-state index in [1.165, 1.54) is 19.3 Å². The third kappa shape index (κ3) is 3.42. The number of benzene rings is 1. The lowest BCUT2D eigenvalue weighted by Crippen LogP contribution is -2.24. The molecule has 1 aromatic rings. The molecule has 100 valence electrons. The Hall–Kier alpha value is -0.210. The lowest BCUT2D eigenvalue weighted by molar-refractivity contribution is 0.129. The predicted molar refractivity (Wildman–Crippen MR) is 80.7 cm³/mol. The van der Waals surface area contributed by atoms with Crippen molar-refractivity contribution in [2.24, 2.45) is 5.92 Å². The van der Waals surface area contributed by atoms with E-state index in [1.54, 1.807) is 0 Å². The first-order valence-electron chi connectivity index (χ1n) is 6.74. The fourth-order valence-electron chi connectivity index (χ4n) is 2.62. The van der Waals surface area contributed by atoms with Gasteiger partial charge in [0.1, 0.15) is 5.75 Å². The molecule has 0 spiro atoms. The van der Waals surface area contributed by atoms with Crippen LogP contribution in [0.1, 0.15) is 44.6 Å². The fraction of sp³-hybridized carbons (Fsp3) is 0.600. The molecule has 0 N–H and O–H groups in total. The maximum absolute atomic E-state index is 6.24. The highest BCUT2D eigenvalue weighted by atomic mass is 79.9. The second-order valence-electron chi connectivity index (χ2n) is 5.03. The van der Waals surface area contributed by atoms with Crippen LogP contribution >= 0.6 is 27.5 Å². The molecule has 0 unspecified atom stereocenters. The molecule has 1 aliphatic carbocycles. The van der Waals surface area contributed by atoms with Crippen molar-refractivity contribution in [1.82, 2.24) is 0 Å². The molecule has 1 saturated carbocycles. The van der Waals surface area contributed by atoms with Crippen LogP contribution < -0.4 is 4.74 Å². The summed E-state index contributed by atoms with van der Waals surface area (Å²) < 4.78 is 6.14. The smallest absolute Gasteiger partial charge is 0.142 e. The monoisotopic (exact) mass is 330 g/mol. The van der Waals surface area contributed by atoms with Gasteiger partial charge in [0.2, 0.25) is 0 Å². The molecule has 2 rings (SSSR count). The van der Waals surface area contributed by atoms with Crippen molar-refractivity contribution in [2.75, 3.05) is 0 Å². The van der Waals surface area contributed by atoms with Crippen LogP contribution in [0.5, 0.6) is 5.75 Å². The van der Waals surface area contributed by atoms with Gasteiger partial charge in [-0.2, -0.15) is 0 Å². The summed E-state index contributed by atoms with van der Waals surface area (Å²) in [4.78, 5) is 0. The first-order chi connectivity index (χ1) is 8.74. The van der Waals surface area contributed by atoms with E-state index in [9.17, 15) is 0 Å². The van der Waals surface area contributed by atoms with Gasteiger partial charge in [0.25, 0.3) is 0 Å². The Morgan fingerprint density at radius 3 is 2.61 bits per heavy atom. The average molecular weight is 332 g/mol. The number of hydrogen-bond donors (Lipinski definition) is 0. The number of ether oxygens (including phenoxy) is 1. The summed E-state index contributed by atoms with van der Waals surface area (Å²) in [5.41, 5.74) is 1.14. The molecular weight excluding hydrogens is 312 g/mol. The molecule has 0 radical (unpaired) electrons. The van der Waals surface area contributed by atoms with Crippen LogP contribution in [0, 0.1) is 5.92 Å². The minimum Gasteiger partial charge on any atom is -0.489 e. The second-order valence-corrected chi connectivity index (χ2v) is 6.00. The number of rotatable bonds is 4. The Morgan fingerprint density at radius 1 is 1.28 bits per heavy atom. The maximum Gasteiger partial charge on any atom is 0.142 e. The van der Waals surface area contributed by atoms with E-state index in [2.05, 4.69) is 28.9 Å². The molecule has 0 atom stereocenters. The van der Waals surface area contributed by atoms with Crippen molar-refractivity contribution in [3.63, 3.8) is 0 Å². The molecule has 18 heavy (non-hydrogen) atoms. The zero-order valence-corrected chi connectivity index (χ0v) is 13.1. The highest BCUT2D eigenvalue weighted by Gasteiger charge is 2.22. The van der Waals surface area contributed by atoms with E-state index in [0.29, 0.717) is 6.10 Å². The van der Waals surface area contributed by atoms with Crippen molar-refractivity contribution in [3.8, 4) is 5.75 Å². The molecule has 0 aliphatic heterocycles. The van der Waals surface area contributed by atoms with Gasteiger partial charge in [0, 0.05) is 10.9 Å². The van der Waals surface area contributed by atoms with Crippen molar-refractivity contribution in [3.05, 3.63) is 28.8 Å². The average Bonchev–Trinajstić information content (AvgIpc) is 2.42. The van der Waals surface area contributed by atoms with Crippen molar-refractivity contribution in [2.45, 2.75) is 50.5 Å². The van der Waals surface area contributed by atoms with Crippen molar-refractivity contribution in [1.29, 1.82) is 0 Å². The Bertz CT molecular complexity index is 386. The van der Waals surface area contributed by atoms with Gasteiger partial charge in [0.15, 0.2) is 0 Å².